The van der Waals surface area contributed by atoms with E-state index in [0.29, 0.717) is 23.1 Å². The molecule has 0 bridgehead atoms. The normalized spacial score (nSPS) is 10.5. The molecule has 0 aliphatic carbocycles. The first-order valence-electron chi connectivity index (χ1n) is 7.50. The summed E-state index contributed by atoms with van der Waals surface area (Å²) >= 11 is 7.41. The van der Waals surface area contributed by atoms with Crippen LogP contribution in [-0.4, -0.2) is 25.3 Å². The van der Waals surface area contributed by atoms with Crippen LogP contribution >= 0.6 is 23.4 Å². The second-order valence-corrected chi connectivity index (χ2v) is 6.57. The monoisotopic (exact) mass is 367 g/mol. The number of carbonyl (C=O) groups is 1. The number of methoxy groups -OCH3 is 1. The van der Waals surface area contributed by atoms with Crippen molar-refractivity contribution < 1.29 is 13.9 Å². The molecule has 24 heavy (non-hydrogen) atoms. The third kappa shape index (κ3) is 6.06. The van der Waals surface area contributed by atoms with Crippen molar-refractivity contribution in [3.05, 3.63) is 64.4 Å². The van der Waals surface area contributed by atoms with E-state index < -0.39 is 0 Å². The Labute approximate surface area is 150 Å². The summed E-state index contributed by atoms with van der Waals surface area (Å²) in [6.07, 6.45) is 0.768. The number of thioether (sulfide) groups is 1. The molecule has 0 unspecified atom stereocenters. The quantitative estimate of drug-likeness (QED) is 0.764. The topological polar surface area (TPSA) is 38.3 Å². The van der Waals surface area contributed by atoms with Crippen molar-refractivity contribution in [3.8, 4) is 5.75 Å². The number of hydrogen-bond acceptors (Lipinski definition) is 3. The van der Waals surface area contributed by atoms with Crippen molar-refractivity contribution in [2.24, 2.45) is 0 Å². The van der Waals surface area contributed by atoms with Crippen LogP contribution in [0.4, 0.5) is 4.39 Å². The Morgan fingerprint density at radius 3 is 2.67 bits per heavy atom. The number of rotatable bonds is 8. The van der Waals surface area contributed by atoms with Crippen molar-refractivity contribution in [3.63, 3.8) is 0 Å². The van der Waals surface area contributed by atoms with Crippen molar-refractivity contribution >= 4 is 29.3 Å². The largest absolute Gasteiger partial charge is 0.497 e. The second kappa shape index (κ2) is 9.55. The van der Waals surface area contributed by atoms with Crippen molar-refractivity contribution in [2.45, 2.75) is 12.2 Å². The fraction of sp³-hybridized carbons (Fsp3) is 0.278. The lowest BCUT2D eigenvalue weighted by atomic mass is 10.1. The van der Waals surface area contributed by atoms with Crippen LogP contribution in [0.15, 0.2) is 42.5 Å². The SMILES string of the molecule is COc1ccc(CCNC(=O)CSCc2ccc(F)cc2Cl)cc1. The Kier molecular flexibility index (Phi) is 7.40. The minimum atomic E-state index is -0.356. The number of carbonyl (C=O) groups excluding carboxylic acids is 1. The van der Waals surface area contributed by atoms with Gasteiger partial charge in [0.15, 0.2) is 0 Å². The molecule has 6 heteroatoms. The first kappa shape index (κ1) is 18.6. The first-order valence-corrected chi connectivity index (χ1v) is 9.03. The van der Waals surface area contributed by atoms with Crippen LogP contribution in [0.25, 0.3) is 0 Å². The molecule has 0 fully saturated rings. The highest BCUT2D eigenvalue weighted by atomic mass is 35.5. The van der Waals surface area contributed by atoms with E-state index in [0.717, 1.165) is 23.3 Å². The summed E-state index contributed by atoms with van der Waals surface area (Å²) in [5.74, 6) is 1.36. The molecule has 0 radical (unpaired) electrons. The van der Waals surface area contributed by atoms with Gasteiger partial charge in [-0.3, -0.25) is 4.79 Å². The Morgan fingerprint density at radius 2 is 2.00 bits per heavy atom. The standard InChI is InChI=1S/C18H19ClFNO2S/c1-23-16-6-2-13(3-7-16)8-9-21-18(22)12-24-11-14-4-5-15(20)10-17(14)19/h2-7,10H,8-9,11-12H2,1H3,(H,21,22). The highest BCUT2D eigenvalue weighted by molar-refractivity contribution is 7.99. The average Bonchev–Trinajstić information content (AvgIpc) is 2.57. The van der Waals surface area contributed by atoms with Gasteiger partial charge in [-0.15, -0.1) is 11.8 Å². The zero-order valence-electron chi connectivity index (χ0n) is 13.4. The van der Waals surface area contributed by atoms with E-state index in [9.17, 15) is 9.18 Å². The van der Waals surface area contributed by atoms with Crippen LogP contribution in [0.5, 0.6) is 5.75 Å². The average molecular weight is 368 g/mol. The lowest BCUT2D eigenvalue weighted by Gasteiger charge is -2.07. The number of ether oxygens (including phenoxy) is 1. The van der Waals surface area contributed by atoms with Crippen LogP contribution in [0, 0.1) is 5.82 Å². The predicted octanol–water partition coefficient (Wildman–Crippen LogP) is 4.08. The summed E-state index contributed by atoms with van der Waals surface area (Å²) in [6.45, 7) is 0.586. The fourth-order valence-corrected chi connectivity index (χ4v) is 3.26. The molecule has 0 aliphatic heterocycles. The molecule has 0 saturated heterocycles. The van der Waals surface area contributed by atoms with E-state index in [-0.39, 0.29) is 11.7 Å². The molecule has 3 nitrogen and oxygen atoms in total. The number of halogens is 2. The highest BCUT2D eigenvalue weighted by Gasteiger charge is 2.05. The van der Waals surface area contributed by atoms with Crippen LogP contribution in [-0.2, 0) is 17.0 Å². The van der Waals surface area contributed by atoms with Gasteiger partial charge in [0.2, 0.25) is 5.91 Å². The number of nitrogens with one attached hydrogen (secondary N) is 1. The third-order valence-corrected chi connectivity index (χ3v) is 4.73. The summed E-state index contributed by atoms with van der Waals surface area (Å²) in [4.78, 5) is 11.8. The van der Waals surface area contributed by atoms with E-state index in [1.165, 1.54) is 23.9 Å². The van der Waals surface area contributed by atoms with Crippen LogP contribution < -0.4 is 10.1 Å². The van der Waals surface area contributed by atoms with Gasteiger partial charge in [0, 0.05) is 17.3 Å². The molecule has 0 saturated carbocycles. The predicted molar refractivity (Wildman–Crippen MR) is 97.3 cm³/mol. The Morgan fingerprint density at radius 1 is 1.25 bits per heavy atom. The zero-order valence-corrected chi connectivity index (χ0v) is 14.9. The maximum Gasteiger partial charge on any atom is 0.230 e. The molecule has 2 aromatic rings. The molecule has 1 amide bonds. The second-order valence-electron chi connectivity index (χ2n) is 5.18. The fourth-order valence-electron chi connectivity index (χ4n) is 2.08. The number of benzene rings is 2. The van der Waals surface area contributed by atoms with Gasteiger partial charge in [-0.25, -0.2) is 4.39 Å². The summed E-state index contributed by atoms with van der Waals surface area (Å²) in [5.41, 5.74) is 1.97. The van der Waals surface area contributed by atoms with Gasteiger partial charge in [-0.2, -0.15) is 0 Å². The van der Waals surface area contributed by atoms with E-state index in [2.05, 4.69) is 5.32 Å². The van der Waals surface area contributed by atoms with E-state index in [4.69, 9.17) is 16.3 Å². The van der Waals surface area contributed by atoms with E-state index in [1.54, 1.807) is 13.2 Å². The summed E-state index contributed by atoms with van der Waals surface area (Å²) in [6, 6.07) is 12.1. The number of amides is 1. The summed E-state index contributed by atoms with van der Waals surface area (Å²) in [5, 5.41) is 3.28. The molecule has 0 aromatic heterocycles. The molecular formula is C18H19ClFNO2S. The van der Waals surface area contributed by atoms with Gasteiger partial charge in [0.05, 0.1) is 12.9 Å². The lowest BCUT2D eigenvalue weighted by Crippen LogP contribution is -2.27. The molecule has 2 rings (SSSR count). The number of hydrogen-bond donors (Lipinski definition) is 1. The van der Waals surface area contributed by atoms with Crippen LogP contribution in [0.1, 0.15) is 11.1 Å². The molecule has 0 atom stereocenters. The van der Waals surface area contributed by atoms with Crippen molar-refractivity contribution in [1.29, 1.82) is 0 Å². The van der Waals surface area contributed by atoms with Crippen molar-refractivity contribution in [1.82, 2.24) is 5.32 Å². The maximum absolute atomic E-state index is 13.0. The summed E-state index contributed by atoms with van der Waals surface area (Å²) < 4.78 is 18.1. The lowest BCUT2D eigenvalue weighted by molar-refractivity contribution is -0.118. The molecule has 0 heterocycles. The smallest absolute Gasteiger partial charge is 0.230 e. The van der Waals surface area contributed by atoms with Gasteiger partial charge in [0.1, 0.15) is 11.6 Å². The van der Waals surface area contributed by atoms with Crippen molar-refractivity contribution in [2.75, 3.05) is 19.4 Å². The maximum atomic E-state index is 13.0. The minimum absolute atomic E-state index is 0.0215. The van der Waals surface area contributed by atoms with Gasteiger partial charge in [0.25, 0.3) is 0 Å². The molecular weight excluding hydrogens is 349 g/mol. The Balaban J connectivity index is 1.66. The third-order valence-electron chi connectivity index (χ3n) is 3.40. The van der Waals surface area contributed by atoms with Crippen LogP contribution in [0.2, 0.25) is 5.02 Å². The Bertz CT molecular complexity index is 679. The van der Waals surface area contributed by atoms with E-state index in [1.807, 2.05) is 24.3 Å². The van der Waals surface area contributed by atoms with Gasteiger partial charge in [-0.05, 0) is 41.8 Å². The van der Waals surface area contributed by atoms with Gasteiger partial charge in [-0.1, -0.05) is 29.8 Å². The molecule has 0 aliphatic rings. The first-order chi connectivity index (χ1) is 11.6. The zero-order chi connectivity index (χ0) is 17.4. The highest BCUT2D eigenvalue weighted by Crippen LogP contribution is 2.22. The van der Waals surface area contributed by atoms with Gasteiger partial charge >= 0.3 is 0 Å². The molecule has 2 aromatic carbocycles. The minimum Gasteiger partial charge on any atom is -0.497 e. The molecule has 128 valence electrons. The Hall–Kier alpha value is -1.72. The summed E-state index contributed by atoms with van der Waals surface area (Å²) in [7, 11) is 1.63. The van der Waals surface area contributed by atoms with Crippen LogP contribution in [0.3, 0.4) is 0 Å². The van der Waals surface area contributed by atoms with E-state index >= 15 is 0 Å². The molecule has 0 spiro atoms. The molecule has 1 N–H and O–H groups in total. The van der Waals surface area contributed by atoms with Gasteiger partial charge < -0.3 is 10.1 Å².